The van der Waals surface area contributed by atoms with Crippen LogP contribution >= 0.6 is 15.9 Å². The highest BCUT2D eigenvalue weighted by molar-refractivity contribution is 9.10. The summed E-state index contributed by atoms with van der Waals surface area (Å²) >= 11 is 3.74. The van der Waals surface area contributed by atoms with Crippen LogP contribution in [-0.2, 0) is 0 Å². The first kappa shape index (κ1) is 10.9. The summed E-state index contributed by atoms with van der Waals surface area (Å²) in [6.07, 6.45) is 7.94. The number of hydrogen-bond acceptors (Lipinski definition) is 3. The SMILES string of the molecule is CC1(Br)CCC(COn2cncn2)CC1. The summed E-state index contributed by atoms with van der Waals surface area (Å²) in [5, 5.41) is 3.90. The number of aromatic nitrogens is 3. The van der Waals surface area contributed by atoms with Crippen molar-refractivity contribution in [3.05, 3.63) is 12.7 Å². The number of hydrogen-bond donors (Lipinski definition) is 0. The molecule has 0 aromatic carbocycles. The molecule has 0 aliphatic heterocycles. The Kier molecular flexibility index (Phi) is 3.29. The lowest BCUT2D eigenvalue weighted by Gasteiger charge is -2.32. The van der Waals surface area contributed by atoms with Crippen molar-refractivity contribution in [3.8, 4) is 0 Å². The van der Waals surface area contributed by atoms with Gasteiger partial charge in [0.1, 0.15) is 12.9 Å². The molecule has 1 heterocycles. The monoisotopic (exact) mass is 273 g/mol. The van der Waals surface area contributed by atoms with Gasteiger partial charge in [0.15, 0.2) is 6.33 Å². The average molecular weight is 274 g/mol. The summed E-state index contributed by atoms with van der Waals surface area (Å²) < 4.78 is 0.344. The predicted molar refractivity (Wildman–Crippen MR) is 60.8 cm³/mol. The first-order valence-corrected chi connectivity index (χ1v) is 6.12. The Morgan fingerprint density at radius 1 is 1.53 bits per heavy atom. The van der Waals surface area contributed by atoms with E-state index in [0.717, 1.165) is 6.61 Å². The van der Waals surface area contributed by atoms with Gasteiger partial charge >= 0.3 is 0 Å². The van der Waals surface area contributed by atoms with Crippen molar-refractivity contribution in [2.75, 3.05) is 6.61 Å². The maximum atomic E-state index is 5.48. The Hall–Kier alpha value is -0.580. The lowest BCUT2D eigenvalue weighted by Crippen LogP contribution is -2.29. The smallest absolute Gasteiger partial charge is 0.155 e. The summed E-state index contributed by atoms with van der Waals surface area (Å²) in [7, 11) is 0. The summed E-state index contributed by atoms with van der Waals surface area (Å²) in [5.74, 6) is 0.653. The molecule has 5 heteroatoms. The van der Waals surface area contributed by atoms with Gasteiger partial charge in [0.05, 0.1) is 0 Å². The summed E-state index contributed by atoms with van der Waals surface area (Å²) in [5.41, 5.74) is 0. The quantitative estimate of drug-likeness (QED) is 0.792. The molecule has 1 aromatic heterocycles. The van der Waals surface area contributed by atoms with Gasteiger partial charge in [-0.05, 0) is 38.5 Å². The van der Waals surface area contributed by atoms with E-state index in [1.165, 1.54) is 36.9 Å². The Labute approximate surface area is 98.1 Å². The minimum absolute atomic E-state index is 0.344. The number of halogens is 1. The van der Waals surface area contributed by atoms with Crippen LogP contribution in [0.2, 0.25) is 0 Å². The zero-order chi connectivity index (χ0) is 10.7. The summed E-state index contributed by atoms with van der Waals surface area (Å²) in [6, 6.07) is 0. The van der Waals surface area contributed by atoms with E-state index in [4.69, 9.17) is 4.84 Å². The van der Waals surface area contributed by atoms with E-state index in [9.17, 15) is 0 Å². The highest BCUT2D eigenvalue weighted by atomic mass is 79.9. The second-order valence-electron chi connectivity index (χ2n) is 4.45. The van der Waals surface area contributed by atoms with Gasteiger partial charge in [-0.1, -0.05) is 20.8 Å². The molecule has 0 N–H and O–H groups in total. The molecule has 4 nitrogen and oxygen atoms in total. The van der Waals surface area contributed by atoms with Crippen LogP contribution in [0.5, 0.6) is 0 Å². The highest BCUT2D eigenvalue weighted by Gasteiger charge is 2.28. The Bertz CT molecular complexity index is 290. The molecular formula is C10H16BrN3O. The fourth-order valence-corrected chi connectivity index (χ4v) is 2.35. The second-order valence-corrected chi connectivity index (χ2v) is 6.36. The molecule has 2 rings (SSSR count). The number of nitrogens with zero attached hydrogens (tertiary/aromatic N) is 3. The lowest BCUT2D eigenvalue weighted by atomic mass is 9.83. The predicted octanol–water partition coefficient (Wildman–Crippen LogP) is 2.05. The average Bonchev–Trinajstić information content (AvgIpc) is 2.69. The van der Waals surface area contributed by atoms with E-state index in [2.05, 4.69) is 32.9 Å². The molecule has 15 heavy (non-hydrogen) atoms. The van der Waals surface area contributed by atoms with Crippen LogP contribution in [0.1, 0.15) is 32.6 Å². The Morgan fingerprint density at radius 3 is 2.87 bits per heavy atom. The normalized spacial score (nSPS) is 31.5. The third-order valence-electron chi connectivity index (χ3n) is 2.99. The van der Waals surface area contributed by atoms with Crippen molar-refractivity contribution in [1.82, 2.24) is 14.9 Å². The molecule has 0 bridgehead atoms. The van der Waals surface area contributed by atoms with Crippen molar-refractivity contribution >= 4 is 15.9 Å². The molecule has 0 saturated heterocycles. The molecule has 1 saturated carbocycles. The molecule has 1 aromatic rings. The van der Waals surface area contributed by atoms with Crippen molar-refractivity contribution in [2.24, 2.45) is 5.92 Å². The van der Waals surface area contributed by atoms with Crippen LogP contribution in [0.15, 0.2) is 12.7 Å². The fourth-order valence-electron chi connectivity index (χ4n) is 1.89. The molecule has 0 unspecified atom stereocenters. The molecule has 1 fully saturated rings. The minimum atomic E-state index is 0.344. The maximum Gasteiger partial charge on any atom is 0.155 e. The van der Waals surface area contributed by atoms with Crippen LogP contribution in [0.3, 0.4) is 0 Å². The molecular weight excluding hydrogens is 258 g/mol. The molecule has 1 aliphatic carbocycles. The van der Waals surface area contributed by atoms with Crippen molar-refractivity contribution in [1.29, 1.82) is 0 Å². The summed E-state index contributed by atoms with van der Waals surface area (Å²) in [6.45, 7) is 3.01. The Morgan fingerprint density at radius 2 is 2.27 bits per heavy atom. The largest absolute Gasteiger partial charge is 0.395 e. The molecule has 0 spiro atoms. The highest BCUT2D eigenvalue weighted by Crippen LogP contribution is 2.37. The molecule has 0 atom stereocenters. The molecule has 0 amide bonds. The van der Waals surface area contributed by atoms with E-state index in [1.807, 2.05) is 0 Å². The lowest BCUT2D eigenvalue weighted by molar-refractivity contribution is 0.0438. The number of alkyl halides is 1. The van der Waals surface area contributed by atoms with Gasteiger partial charge in [0, 0.05) is 4.32 Å². The Balaban J connectivity index is 1.73. The van der Waals surface area contributed by atoms with Crippen molar-refractivity contribution < 1.29 is 4.84 Å². The molecule has 1 aliphatic rings. The van der Waals surface area contributed by atoms with Gasteiger partial charge in [0.25, 0.3) is 0 Å². The van der Waals surface area contributed by atoms with Crippen molar-refractivity contribution in [2.45, 2.75) is 36.9 Å². The number of rotatable bonds is 3. The minimum Gasteiger partial charge on any atom is -0.395 e. The zero-order valence-corrected chi connectivity index (χ0v) is 10.5. The van der Waals surface area contributed by atoms with E-state index >= 15 is 0 Å². The van der Waals surface area contributed by atoms with Crippen LogP contribution in [0.4, 0.5) is 0 Å². The summed E-state index contributed by atoms with van der Waals surface area (Å²) in [4.78, 5) is 10.7. The first-order valence-electron chi connectivity index (χ1n) is 5.32. The van der Waals surface area contributed by atoms with Crippen molar-refractivity contribution in [3.63, 3.8) is 0 Å². The first-order chi connectivity index (χ1) is 7.16. The van der Waals surface area contributed by atoms with E-state index in [-0.39, 0.29) is 0 Å². The second kappa shape index (κ2) is 4.51. The van der Waals surface area contributed by atoms with Gasteiger partial charge in [-0.2, -0.15) is 0 Å². The van der Waals surface area contributed by atoms with Crippen LogP contribution in [0, 0.1) is 5.92 Å². The van der Waals surface area contributed by atoms with E-state index < -0.39 is 0 Å². The van der Waals surface area contributed by atoms with Gasteiger partial charge in [-0.3, -0.25) is 0 Å². The van der Waals surface area contributed by atoms with Gasteiger partial charge < -0.3 is 4.84 Å². The maximum absolute atomic E-state index is 5.48. The fraction of sp³-hybridized carbons (Fsp3) is 0.800. The van der Waals surface area contributed by atoms with Gasteiger partial charge in [-0.15, -0.1) is 5.10 Å². The zero-order valence-electron chi connectivity index (χ0n) is 8.90. The van der Waals surface area contributed by atoms with Crippen LogP contribution in [0.25, 0.3) is 0 Å². The van der Waals surface area contributed by atoms with Crippen LogP contribution in [-0.4, -0.2) is 25.9 Å². The van der Waals surface area contributed by atoms with E-state index in [0.29, 0.717) is 10.2 Å². The van der Waals surface area contributed by atoms with Gasteiger partial charge in [-0.25, -0.2) is 4.98 Å². The van der Waals surface area contributed by atoms with Gasteiger partial charge in [0.2, 0.25) is 0 Å². The third kappa shape index (κ3) is 3.19. The molecule has 0 radical (unpaired) electrons. The third-order valence-corrected chi connectivity index (χ3v) is 3.78. The molecule has 84 valence electrons. The topological polar surface area (TPSA) is 39.9 Å². The standard InChI is InChI=1S/C10H16BrN3O/c1-10(11)4-2-9(3-5-10)6-15-14-8-12-7-13-14/h7-9H,2-6H2,1H3. The van der Waals surface area contributed by atoms with E-state index in [1.54, 1.807) is 6.33 Å². The van der Waals surface area contributed by atoms with Crippen LogP contribution < -0.4 is 4.84 Å².